The van der Waals surface area contributed by atoms with Crippen LogP contribution in [0.4, 0.5) is 0 Å². The third kappa shape index (κ3) is 4.33. The van der Waals surface area contributed by atoms with Gasteiger partial charge >= 0.3 is 0 Å². The van der Waals surface area contributed by atoms with Gasteiger partial charge in [-0.1, -0.05) is 25.1 Å². The van der Waals surface area contributed by atoms with Crippen LogP contribution in [0.5, 0.6) is 0 Å². The van der Waals surface area contributed by atoms with E-state index in [9.17, 15) is 9.59 Å². The minimum absolute atomic E-state index is 0.119. The molecule has 2 rings (SSSR count). The minimum Gasteiger partial charge on any atom is -0.349 e. The molecular formula is C18H26N2O2. The summed E-state index contributed by atoms with van der Waals surface area (Å²) in [6, 6.07) is 9.33. The summed E-state index contributed by atoms with van der Waals surface area (Å²) in [6.07, 6.45) is 4.79. The van der Waals surface area contributed by atoms with Gasteiger partial charge in [-0.3, -0.25) is 9.59 Å². The van der Waals surface area contributed by atoms with Gasteiger partial charge in [0.05, 0.1) is 0 Å². The zero-order valence-corrected chi connectivity index (χ0v) is 13.5. The fourth-order valence-electron chi connectivity index (χ4n) is 3.08. The number of likely N-dealkylation sites (tertiary alicyclic amines) is 1. The van der Waals surface area contributed by atoms with E-state index >= 15 is 0 Å². The molecule has 1 aromatic rings. The Labute approximate surface area is 132 Å². The lowest BCUT2D eigenvalue weighted by Crippen LogP contribution is -2.46. The van der Waals surface area contributed by atoms with Gasteiger partial charge in [0, 0.05) is 30.6 Å². The van der Waals surface area contributed by atoms with E-state index in [4.69, 9.17) is 0 Å². The Bertz CT molecular complexity index is 501. The fraction of sp³-hybridized carbons (Fsp3) is 0.556. The Morgan fingerprint density at radius 2 is 2.00 bits per heavy atom. The molecule has 2 unspecified atom stereocenters. The SMILES string of the molecule is CCC1CCCCN1C(=O)CC(C)NC(=O)c1ccccc1. The molecule has 4 heteroatoms. The maximum Gasteiger partial charge on any atom is 0.251 e. The van der Waals surface area contributed by atoms with Crippen LogP contribution in [0.3, 0.4) is 0 Å². The topological polar surface area (TPSA) is 49.4 Å². The van der Waals surface area contributed by atoms with Gasteiger partial charge in [-0.25, -0.2) is 0 Å². The monoisotopic (exact) mass is 302 g/mol. The molecule has 0 radical (unpaired) electrons. The highest BCUT2D eigenvalue weighted by molar-refractivity contribution is 5.94. The van der Waals surface area contributed by atoms with E-state index in [1.165, 1.54) is 6.42 Å². The number of benzene rings is 1. The summed E-state index contributed by atoms with van der Waals surface area (Å²) in [6.45, 7) is 4.89. The summed E-state index contributed by atoms with van der Waals surface area (Å²) in [4.78, 5) is 26.6. The lowest BCUT2D eigenvalue weighted by molar-refractivity contribution is -0.135. The lowest BCUT2D eigenvalue weighted by Gasteiger charge is -2.36. The molecule has 1 aliphatic rings. The Morgan fingerprint density at radius 3 is 2.68 bits per heavy atom. The second kappa shape index (κ2) is 7.97. The van der Waals surface area contributed by atoms with Gasteiger partial charge in [0.25, 0.3) is 5.91 Å². The highest BCUT2D eigenvalue weighted by Crippen LogP contribution is 2.20. The number of hydrogen-bond donors (Lipinski definition) is 1. The molecule has 1 saturated heterocycles. The number of hydrogen-bond acceptors (Lipinski definition) is 2. The number of piperidine rings is 1. The van der Waals surface area contributed by atoms with Gasteiger partial charge in [0.1, 0.15) is 0 Å². The summed E-state index contributed by atoms with van der Waals surface area (Å²) >= 11 is 0. The first-order chi connectivity index (χ1) is 10.6. The van der Waals surface area contributed by atoms with E-state index in [-0.39, 0.29) is 17.9 Å². The van der Waals surface area contributed by atoms with Gasteiger partial charge < -0.3 is 10.2 Å². The van der Waals surface area contributed by atoms with Crippen molar-refractivity contribution in [1.29, 1.82) is 0 Å². The van der Waals surface area contributed by atoms with E-state index < -0.39 is 0 Å². The van der Waals surface area contributed by atoms with E-state index in [1.807, 2.05) is 30.0 Å². The van der Waals surface area contributed by atoms with Gasteiger partial charge in [-0.05, 0) is 44.7 Å². The first-order valence-corrected chi connectivity index (χ1v) is 8.27. The number of amides is 2. The molecule has 0 aliphatic carbocycles. The van der Waals surface area contributed by atoms with E-state index in [1.54, 1.807) is 12.1 Å². The van der Waals surface area contributed by atoms with Crippen molar-refractivity contribution in [3.63, 3.8) is 0 Å². The zero-order chi connectivity index (χ0) is 15.9. The molecule has 1 aliphatic heterocycles. The fourth-order valence-corrected chi connectivity index (χ4v) is 3.08. The van der Waals surface area contributed by atoms with Crippen molar-refractivity contribution < 1.29 is 9.59 Å². The highest BCUT2D eigenvalue weighted by atomic mass is 16.2. The van der Waals surface area contributed by atoms with Gasteiger partial charge in [0.15, 0.2) is 0 Å². The molecule has 0 bridgehead atoms. The summed E-state index contributed by atoms with van der Waals surface area (Å²) in [5, 5.41) is 2.91. The van der Waals surface area contributed by atoms with Crippen LogP contribution >= 0.6 is 0 Å². The first-order valence-electron chi connectivity index (χ1n) is 8.27. The number of carbonyl (C=O) groups is 2. The van der Waals surface area contributed by atoms with Crippen LogP contribution in [0.2, 0.25) is 0 Å². The summed E-state index contributed by atoms with van der Waals surface area (Å²) in [5.74, 6) is 0.0407. The molecule has 1 N–H and O–H groups in total. The lowest BCUT2D eigenvalue weighted by atomic mass is 9.99. The summed E-state index contributed by atoms with van der Waals surface area (Å²) in [5.41, 5.74) is 0.631. The Kier molecular flexibility index (Phi) is 5.99. The number of carbonyl (C=O) groups excluding carboxylic acids is 2. The van der Waals surface area contributed by atoms with Gasteiger partial charge in [-0.2, -0.15) is 0 Å². The average molecular weight is 302 g/mol. The second-order valence-corrected chi connectivity index (χ2v) is 6.09. The van der Waals surface area contributed by atoms with Crippen LogP contribution in [-0.4, -0.2) is 35.3 Å². The zero-order valence-electron chi connectivity index (χ0n) is 13.5. The maximum absolute atomic E-state index is 12.5. The van der Waals surface area contributed by atoms with Crippen molar-refractivity contribution in [1.82, 2.24) is 10.2 Å². The molecular weight excluding hydrogens is 276 g/mol. The smallest absolute Gasteiger partial charge is 0.251 e. The standard InChI is InChI=1S/C18H26N2O2/c1-3-16-11-7-8-12-20(16)17(21)13-14(2)19-18(22)15-9-5-4-6-10-15/h4-6,9-10,14,16H,3,7-8,11-13H2,1-2H3,(H,19,22). The molecule has 120 valence electrons. The molecule has 0 spiro atoms. The molecule has 2 atom stereocenters. The maximum atomic E-state index is 12.5. The van der Waals surface area contributed by atoms with Gasteiger partial charge in [-0.15, -0.1) is 0 Å². The van der Waals surface area contributed by atoms with Crippen LogP contribution in [0.25, 0.3) is 0 Å². The van der Waals surface area contributed by atoms with Crippen molar-refractivity contribution >= 4 is 11.8 Å². The van der Waals surface area contributed by atoms with Crippen LogP contribution in [0.15, 0.2) is 30.3 Å². The van der Waals surface area contributed by atoms with Crippen LogP contribution < -0.4 is 5.32 Å². The largest absolute Gasteiger partial charge is 0.349 e. The Balaban J connectivity index is 1.87. The van der Waals surface area contributed by atoms with Crippen molar-refractivity contribution in [3.8, 4) is 0 Å². The summed E-state index contributed by atoms with van der Waals surface area (Å²) < 4.78 is 0. The molecule has 0 saturated carbocycles. The minimum atomic E-state index is -0.153. The third-order valence-corrected chi connectivity index (χ3v) is 4.31. The van der Waals surface area contributed by atoms with Crippen molar-refractivity contribution in [2.45, 2.75) is 58.0 Å². The predicted octanol–water partition coefficient (Wildman–Crippen LogP) is 2.99. The van der Waals surface area contributed by atoms with Crippen molar-refractivity contribution in [3.05, 3.63) is 35.9 Å². The quantitative estimate of drug-likeness (QED) is 0.909. The van der Waals surface area contributed by atoms with Crippen LogP contribution in [0.1, 0.15) is 56.3 Å². The third-order valence-electron chi connectivity index (χ3n) is 4.31. The number of nitrogens with one attached hydrogen (secondary N) is 1. The highest BCUT2D eigenvalue weighted by Gasteiger charge is 2.26. The molecule has 2 amide bonds. The molecule has 0 aromatic heterocycles. The molecule has 1 aromatic carbocycles. The van der Waals surface area contributed by atoms with E-state index in [0.29, 0.717) is 18.0 Å². The molecule has 22 heavy (non-hydrogen) atoms. The van der Waals surface area contributed by atoms with Crippen molar-refractivity contribution in [2.24, 2.45) is 0 Å². The molecule has 1 fully saturated rings. The predicted molar refractivity (Wildman–Crippen MR) is 87.6 cm³/mol. The Hall–Kier alpha value is -1.84. The van der Waals surface area contributed by atoms with Crippen molar-refractivity contribution in [2.75, 3.05) is 6.54 Å². The first kappa shape index (κ1) is 16.5. The number of nitrogens with zero attached hydrogens (tertiary/aromatic N) is 1. The van der Waals surface area contributed by atoms with Gasteiger partial charge in [0.2, 0.25) is 5.91 Å². The normalized spacial score (nSPS) is 19.5. The second-order valence-electron chi connectivity index (χ2n) is 6.09. The number of rotatable bonds is 5. The van der Waals surface area contributed by atoms with E-state index in [0.717, 1.165) is 25.8 Å². The van der Waals surface area contributed by atoms with E-state index in [2.05, 4.69) is 12.2 Å². The molecule has 1 heterocycles. The average Bonchev–Trinajstić information content (AvgIpc) is 2.55. The van der Waals surface area contributed by atoms with Crippen LogP contribution in [-0.2, 0) is 4.79 Å². The van der Waals surface area contributed by atoms with Crippen LogP contribution in [0, 0.1) is 0 Å². The summed E-state index contributed by atoms with van der Waals surface area (Å²) in [7, 11) is 0. The molecule has 4 nitrogen and oxygen atoms in total. The Morgan fingerprint density at radius 1 is 1.27 bits per heavy atom.